The largest absolute Gasteiger partial charge is 0.497 e. The maximum absolute atomic E-state index is 12.7. The van der Waals surface area contributed by atoms with Crippen molar-refractivity contribution in [2.24, 2.45) is 5.92 Å². The smallest absolute Gasteiger partial charge is 0.254 e. The van der Waals surface area contributed by atoms with Gasteiger partial charge >= 0.3 is 0 Å². The Morgan fingerprint density at radius 2 is 1.67 bits per heavy atom. The SMILES string of the molecule is COCCOCC1CCN(C(=O)c2cc(OC)cc(OC)c2)CC1. The van der Waals surface area contributed by atoms with Gasteiger partial charge in [-0.3, -0.25) is 4.79 Å². The minimum Gasteiger partial charge on any atom is -0.497 e. The Balaban J connectivity index is 1.88. The third-order valence-corrected chi connectivity index (χ3v) is 4.29. The van der Waals surface area contributed by atoms with E-state index < -0.39 is 0 Å². The van der Waals surface area contributed by atoms with E-state index in [1.165, 1.54) is 0 Å². The number of methoxy groups -OCH3 is 3. The average Bonchev–Trinajstić information content (AvgIpc) is 2.64. The van der Waals surface area contributed by atoms with Crippen LogP contribution in [0.25, 0.3) is 0 Å². The number of carbonyl (C=O) groups excluding carboxylic acids is 1. The zero-order chi connectivity index (χ0) is 17.4. The van der Waals surface area contributed by atoms with Gasteiger partial charge in [-0.05, 0) is 30.9 Å². The first-order chi connectivity index (χ1) is 11.7. The fourth-order valence-electron chi connectivity index (χ4n) is 2.81. The minimum atomic E-state index is 0.0194. The van der Waals surface area contributed by atoms with Crippen molar-refractivity contribution < 1.29 is 23.7 Å². The van der Waals surface area contributed by atoms with Gasteiger partial charge in [-0.1, -0.05) is 0 Å². The molecule has 0 N–H and O–H groups in total. The molecule has 1 amide bonds. The molecule has 6 heteroatoms. The lowest BCUT2D eigenvalue weighted by Gasteiger charge is -2.32. The number of piperidine rings is 1. The van der Waals surface area contributed by atoms with E-state index in [0.717, 1.165) is 32.5 Å². The molecule has 1 fully saturated rings. The molecule has 0 saturated carbocycles. The first kappa shape index (κ1) is 18.5. The van der Waals surface area contributed by atoms with E-state index in [1.807, 2.05) is 4.90 Å². The highest BCUT2D eigenvalue weighted by atomic mass is 16.5. The summed E-state index contributed by atoms with van der Waals surface area (Å²) in [5.41, 5.74) is 0.598. The molecule has 6 nitrogen and oxygen atoms in total. The Bertz CT molecular complexity index is 504. The highest BCUT2D eigenvalue weighted by Crippen LogP contribution is 2.25. The lowest BCUT2D eigenvalue weighted by molar-refractivity contribution is 0.0327. The van der Waals surface area contributed by atoms with Crippen molar-refractivity contribution in [1.29, 1.82) is 0 Å². The molecule has 0 aromatic heterocycles. The number of ether oxygens (including phenoxy) is 4. The van der Waals surface area contributed by atoms with E-state index in [9.17, 15) is 4.79 Å². The maximum Gasteiger partial charge on any atom is 0.254 e. The third kappa shape index (κ3) is 5.11. The van der Waals surface area contributed by atoms with Crippen molar-refractivity contribution in [2.75, 3.05) is 54.2 Å². The number of hydrogen-bond acceptors (Lipinski definition) is 5. The second-order valence-corrected chi connectivity index (χ2v) is 5.90. The monoisotopic (exact) mass is 337 g/mol. The average molecular weight is 337 g/mol. The van der Waals surface area contributed by atoms with Crippen molar-refractivity contribution in [3.05, 3.63) is 23.8 Å². The van der Waals surface area contributed by atoms with Gasteiger partial charge in [0, 0.05) is 38.4 Å². The Labute approximate surface area is 143 Å². The molecule has 0 radical (unpaired) electrons. The first-order valence-corrected chi connectivity index (χ1v) is 8.27. The van der Waals surface area contributed by atoms with Gasteiger partial charge in [-0.2, -0.15) is 0 Å². The molecule has 0 unspecified atom stereocenters. The lowest BCUT2D eigenvalue weighted by Crippen LogP contribution is -2.39. The lowest BCUT2D eigenvalue weighted by atomic mass is 9.97. The van der Waals surface area contributed by atoms with Gasteiger partial charge in [0.25, 0.3) is 5.91 Å². The minimum absolute atomic E-state index is 0.0194. The van der Waals surface area contributed by atoms with Gasteiger partial charge in [0.05, 0.1) is 27.4 Å². The Kier molecular flexibility index (Phi) is 7.34. The highest BCUT2D eigenvalue weighted by molar-refractivity contribution is 5.95. The Hall–Kier alpha value is -1.79. The maximum atomic E-state index is 12.7. The predicted molar refractivity (Wildman–Crippen MR) is 90.9 cm³/mol. The number of nitrogens with zero attached hydrogens (tertiary/aromatic N) is 1. The Morgan fingerprint density at radius 3 is 2.21 bits per heavy atom. The Morgan fingerprint density at radius 1 is 1.04 bits per heavy atom. The summed E-state index contributed by atoms with van der Waals surface area (Å²) in [5, 5.41) is 0. The molecule has 1 aromatic carbocycles. The van der Waals surface area contributed by atoms with Gasteiger partial charge in [0.1, 0.15) is 11.5 Å². The van der Waals surface area contributed by atoms with Crippen LogP contribution < -0.4 is 9.47 Å². The van der Waals surface area contributed by atoms with Crippen LogP contribution in [0, 0.1) is 5.92 Å². The number of benzene rings is 1. The second kappa shape index (κ2) is 9.49. The molecule has 1 aliphatic heterocycles. The molecule has 24 heavy (non-hydrogen) atoms. The third-order valence-electron chi connectivity index (χ3n) is 4.29. The molecule has 1 aromatic rings. The highest BCUT2D eigenvalue weighted by Gasteiger charge is 2.24. The van der Waals surface area contributed by atoms with Crippen molar-refractivity contribution in [1.82, 2.24) is 4.90 Å². The summed E-state index contributed by atoms with van der Waals surface area (Å²) in [4.78, 5) is 14.6. The summed E-state index contributed by atoms with van der Waals surface area (Å²) in [7, 11) is 4.83. The zero-order valence-corrected chi connectivity index (χ0v) is 14.7. The van der Waals surface area contributed by atoms with E-state index in [1.54, 1.807) is 39.5 Å². The molecule has 2 rings (SSSR count). The van der Waals surface area contributed by atoms with Gasteiger partial charge < -0.3 is 23.8 Å². The summed E-state index contributed by atoms with van der Waals surface area (Å²) >= 11 is 0. The molecule has 0 bridgehead atoms. The van der Waals surface area contributed by atoms with Gasteiger partial charge in [0.2, 0.25) is 0 Å². The van der Waals surface area contributed by atoms with Crippen LogP contribution in [0.4, 0.5) is 0 Å². The normalized spacial score (nSPS) is 15.4. The molecular weight excluding hydrogens is 310 g/mol. The molecule has 1 saturated heterocycles. The fraction of sp³-hybridized carbons (Fsp3) is 0.611. The van der Waals surface area contributed by atoms with E-state index in [-0.39, 0.29) is 5.91 Å². The molecule has 0 atom stereocenters. The van der Waals surface area contributed by atoms with Crippen molar-refractivity contribution in [2.45, 2.75) is 12.8 Å². The summed E-state index contributed by atoms with van der Waals surface area (Å²) in [5.74, 6) is 1.77. The van der Waals surface area contributed by atoms with Gasteiger partial charge in [-0.15, -0.1) is 0 Å². The van der Waals surface area contributed by atoms with Crippen molar-refractivity contribution >= 4 is 5.91 Å². The number of carbonyl (C=O) groups is 1. The molecule has 0 aliphatic carbocycles. The van der Waals surface area contributed by atoms with E-state index in [0.29, 0.717) is 36.2 Å². The van der Waals surface area contributed by atoms with Crippen LogP contribution in [0.1, 0.15) is 23.2 Å². The zero-order valence-electron chi connectivity index (χ0n) is 14.7. The van der Waals surface area contributed by atoms with E-state index >= 15 is 0 Å². The number of likely N-dealkylation sites (tertiary alicyclic amines) is 1. The molecule has 134 valence electrons. The summed E-state index contributed by atoms with van der Waals surface area (Å²) < 4.78 is 21.0. The van der Waals surface area contributed by atoms with Crippen LogP contribution in [-0.2, 0) is 9.47 Å². The van der Waals surface area contributed by atoms with Gasteiger partial charge in [-0.25, -0.2) is 0 Å². The molecule has 1 aliphatic rings. The molecule has 1 heterocycles. The van der Waals surface area contributed by atoms with Crippen molar-refractivity contribution in [3.8, 4) is 11.5 Å². The first-order valence-electron chi connectivity index (χ1n) is 8.27. The van der Waals surface area contributed by atoms with Crippen molar-refractivity contribution in [3.63, 3.8) is 0 Å². The number of amides is 1. The van der Waals surface area contributed by atoms with Crippen LogP contribution in [0.5, 0.6) is 11.5 Å². The van der Waals surface area contributed by atoms with E-state index in [4.69, 9.17) is 18.9 Å². The summed E-state index contributed by atoms with van der Waals surface area (Å²) in [6.07, 6.45) is 1.92. The topological polar surface area (TPSA) is 57.2 Å². The van der Waals surface area contributed by atoms with Crippen LogP contribution in [0.15, 0.2) is 18.2 Å². The predicted octanol–water partition coefficient (Wildman–Crippen LogP) is 2.22. The number of hydrogen-bond donors (Lipinski definition) is 0. The molecular formula is C18H27NO5. The quantitative estimate of drug-likeness (QED) is 0.681. The van der Waals surface area contributed by atoms with Crippen LogP contribution in [0.2, 0.25) is 0 Å². The molecule has 0 spiro atoms. The standard InChI is InChI=1S/C18H27NO5/c1-21-8-9-24-13-14-4-6-19(7-5-14)18(20)15-10-16(22-2)12-17(11-15)23-3/h10-12,14H,4-9,13H2,1-3H3. The van der Waals surface area contributed by atoms with Crippen LogP contribution >= 0.6 is 0 Å². The fourth-order valence-corrected chi connectivity index (χ4v) is 2.81. The van der Waals surface area contributed by atoms with Crippen LogP contribution in [-0.4, -0.2) is 65.0 Å². The van der Waals surface area contributed by atoms with Gasteiger partial charge in [0.15, 0.2) is 0 Å². The second-order valence-electron chi connectivity index (χ2n) is 5.90. The van der Waals surface area contributed by atoms with E-state index in [2.05, 4.69) is 0 Å². The summed E-state index contributed by atoms with van der Waals surface area (Å²) in [6, 6.07) is 5.27. The summed E-state index contributed by atoms with van der Waals surface area (Å²) in [6.45, 7) is 3.47. The number of rotatable bonds is 8. The van der Waals surface area contributed by atoms with Crippen LogP contribution in [0.3, 0.4) is 0 Å².